The number of nitrogen functional groups attached to an aromatic ring is 1. The Morgan fingerprint density at radius 1 is 1.12 bits per heavy atom. The molecule has 3 heterocycles. The zero-order chi connectivity index (χ0) is 16.5. The molecule has 6 nitrogen and oxygen atoms in total. The Balaban J connectivity index is 1.57. The third-order valence-corrected chi connectivity index (χ3v) is 4.63. The summed E-state index contributed by atoms with van der Waals surface area (Å²) in [5.41, 5.74) is 7.94. The van der Waals surface area contributed by atoms with Crippen LogP contribution in [0, 0.1) is 5.92 Å². The summed E-state index contributed by atoms with van der Waals surface area (Å²) >= 11 is 0. The molecular formula is C18H19N5O. The zero-order valence-electron chi connectivity index (χ0n) is 13.2. The second-order valence-corrected chi connectivity index (χ2v) is 6.22. The van der Waals surface area contributed by atoms with Crippen LogP contribution >= 0.6 is 0 Å². The van der Waals surface area contributed by atoms with Gasteiger partial charge in [0.15, 0.2) is 0 Å². The van der Waals surface area contributed by atoms with Gasteiger partial charge >= 0.3 is 0 Å². The smallest absolute Gasteiger partial charge is 0.134 e. The van der Waals surface area contributed by atoms with Crippen LogP contribution in [0.5, 0.6) is 0 Å². The van der Waals surface area contributed by atoms with Gasteiger partial charge in [-0.15, -0.1) is 0 Å². The van der Waals surface area contributed by atoms with E-state index in [0.717, 1.165) is 29.7 Å². The number of hydrogen-bond donors (Lipinski definition) is 2. The molecule has 0 bridgehead atoms. The number of hydrogen-bond acceptors (Lipinski definition) is 6. The van der Waals surface area contributed by atoms with E-state index in [1.165, 1.54) is 11.9 Å². The van der Waals surface area contributed by atoms with E-state index in [1.54, 1.807) is 6.07 Å². The standard InChI is InChI=1S/C18H19N5O/c19-17-8-18(22-11-21-17)23-9-13(16(24)10-23)7-12-5-6-20-15-4-2-1-3-14(12)15/h1-6,8,11,13,16,24H,7,9-10H2,(H2,19,21,22). The van der Waals surface area contributed by atoms with Crippen molar-refractivity contribution in [1.29, 1.82) is 0 Å². The van der Waals surface area contributed by atoms with Gasteiger partial charge in [-0.2, -0.15) is 0 Å². The molecule has 2 aromatic heterocycles. The zero-order valence-corrected chi connectivity index (χ0v) is 13.2. The lowest BCUT2D eigenvalue weighted by Crippen LogP contribution is -2.22. The number of nitrogens with two attached hydrogens (primary N) is 1. The van der Waals surface area contributed by atoms with Crippen molar-refractivity contribution >= 4 is 22.5 Å². The number of fused-ring (bicyclic) bond motifs is 1. The Kier molecular flexibility index (Phi) is 3.74. The second kappa shape index (κ2) is 6.05. The van der Waals surface area contributed by atoms with E-state index in [9.17, 15) is 5.11 Å². The van der Waals surface area contributed by atoms with Gasteiger partial charge in [0.2, 0.25) is 0 Å². The van der Waals surface area contributed by atoms with Gasteiger partial charge in [-0.05, 0) is 24.1 Å². The average Bonchev–Trinajstić information content (AvgIpc) is 2.96. The molecule has 1 aliphatic heterocycles. The first kappa shape index (κ1) is 14.8. The first-order valence-corrected chi connectivity index (χ1v) is 8.04. The Labute approximate surface area is 140 Å². The van der Waals surface area contributed by atoms with Crippen LogP contribution in [0.4, 0.5) is 11.6 Å². The van der Waals surface area contributed by atoms with Crippen LogP contribution < -0.4 is 10.6 Å². The third kappa shape index (κ3) is 2.76. The van der Waals surface area contributed by atoms with Crippen LogP contribution in [0.2, 0.25) is 0 Å². The molecule has 1 fully saturated rings. The van der Waals surface area contributed by atoms with E-state index in [-0.39, 0.29) is 5.92 Å². The quantitative estimate of drug-likeness (QED) is 0.762. The van der Waals surface area contributed by atoms with Gasteiger partial charge in [0.05, 0.1) is 11.6 Å². The Hall–Kier alpha value is -2.73. The van der Waals surface area contributed by atoms with Gasteiger partial charge in [-0.1, -0.05) is 18.2 Å². The fourth-order valence-electron chi connectivity index (χ4n) is 3.39. The molecule has 24 heavy (non-hydrogen) atoms. The van der Waals surface area contributed by atoms with E-state index in [0.29, 0.717) is 12.4 Å². The molecule has 3 N–H and O–H groups in total. The average molecular weight is 321 g/mol. The van der Waals surface area contributed by atoms with Crippen molar-refractivity contribution < 1.29 is 5.11 Å². The lowest BCUT2D eigenvalue weighted by Gasteiger charge is -2.17. The Bertz CT molecular complexity index is 863. The highest BCUT2D eigenvalue weighted by atomic mass is 16.3. The molecule has 0 amide bonds. The van der Waals surface area contributed by atoms with Crippen molar-refractivity contribution in [2.45, 2.75) is 12.5 Å². The molecule has 2 atom stereocenters. The molecule has 0 aliphatic carbocycles. The van der Waals surface area contributed by atoms with E-state index in [2.05, 4.69) is 25.9 Å². The highest BCUT2D eigenvalue weighted by molar-refractivity contribution is 5.81. The van der Waals surface area contributed by atoms with E-state index in [4.69, 9.17) is 5.73 Å². The SMILES string of the molecule is Nc1cc(N2CC(O)C(Cc3ccnc4ccccc34)C2)ncn1. The molecule has 3 aromatic rings. The fourth-order valence-corrected chi connectivity index (χ4v) is 3.39. The lowest BCUT2D eigenvalue weighted by atomic mass is 9.94. The molecule has 0 spiro atoms. The summed E-state index contributed by atoms with van der Waals surface area (Å²) in [5.74, 6) is 1.36. The summed E-state index contributed by atoms with van der Waals surface area (Å²) in [6.45, 7) is 1.30. The van der Waals surface area contributed by atoms with Crippen LogP contribution in [0.15, 0.2) is 48.9 Å². The van der Waals surface area contributed by atoms with Crippen LogP contribution in [-0.2, 0) is 6.42 Å². The maximum Gasteiger partial charge on any atom is 0.134 e. The molecule has 0 saturated carbocycles. The molecule has 4 rings (SSSR count). The van der Waals surface area contributed by atoms with E-state index < -0.39 is 6.10 Å². The van der Waals surface area contributed by atoms with Gasteiger partial charge in [0, 0.05) is 36.7 Å². The van der Waals surface area contributed by atoms with Crippen molar-refractivity contribution in [3.05, 3.63) is 54.5 Å². The fraction of sp³-hybridized carbons (Fsp3) is 0.278. The minimum absolute atomic E-state index is 0.145. The van der Waals surface area contributed by atoms with Crippen LogP contribution in [0.1, 0.15) is 5.56 Å². The maximum atomic E-state index is 10.5. The predicted molar refractivity (Wildman–Crippen MR) is 93.6 cm³/mol. The maximum absolute atomic E-state index is 10.5. The summed E-state index contributed by atoms with van der Waals surface area (Å²) in [6.07, 6.45) is 3.71. The normalized spacial score (nSPS) is 20.6. The van der Waals surface area contributed by atoms with Crippen molar-refractivity contribution in [3.8, 4) is 0 Å². The number of aliphatic hydroxyl groups excluding tert-OH is 1. The van der Waals surface area contributed by atoms with Crippen molar-refractivity contribution in [2.75, 3.05) is 23.7 Å². The van der Waals surface area contributed by atoms with Gasteiger partial charge in [0.1, 0.15) is 18.0 Å². The first-order valence-electron chi connectivity index (χ1n) is 8.04. The highest BCUT2D eigenvalue weighted by Gasteiger charge is 2.32. The van der Waals surface area contributed by atoms with Gasteiger partial charge in [-0.25, -0.2) is 9.97 Å². The van der Waals surface area contributed by atoms with Crippen LogP contribution in [0.25, 0.3) is 10.9 Å². The molecule has 2 unspecified atom stereocenters. The Morgan fingerprint density at radius 3 is 2.88 bits per heavy atom. The number of para-hydroxylation sites is 1. The molecule has 0 radical (unpaired) electrons. The van der Waals surface area contributed by atoms with Crippen molar-refractivity contribution in [2.24, 2.45) is 5.92 Å². The number of aliphatic hydroxyl groups is 1. The minimum Gasteiger partial charge on any atom is -0.391 e. The summed E-state index contributed by atoms with van der Waals surface area (Å²) in [7, 11) is 0. The van der Waals surface area contributed by atoms with Crippen LogP contribution in [0.3, 0.4) is 0 Å². The molecule has 122 valence electrons. The van der Waals surface area contributed by atoms with Gasteiger partial charge in [0.25, 0.3) is 0 Å². The van der Waals surface area contributed by atoms with E-state index >= 15 is 0 Å². The van der Waals surface area contributed by atoms with Gasteiger partial charge < -0.3 is 15.7 Å². The Morgan fingerprint density at radius 2 is 2.00 bits per heavy atom. The predicted octanol–water partition coefficient (Wildman–Crippen LogP) is 1.65. The number of rotatable bonds is 3. The minimum atomic E-state index is -0.395. The van der Waals surface area contributed by atoms with Crippen molar-refractivity contribution in [1.82, 2.24) is 15.0 Å². The van der Waals surface area contributed by atoms with E-state index in [1.807, 2.05) is 30.5 Å². The number of β-amino-alcohol motifs (C(OH)–C–C–N with tert-alkyl or cyclic N) is 1. The summed E-state index contributed by atoms with van der Waals surface area (Å²) in [4.78, 5) is 14.7. The molecule has 1 saturated heterocycles. The molecule has 1 aliphatic rings. The molecule has 6 heteroatoms. The monoisotopic (exact) mass is 321 g/mol. The molecular weight excluding hydrogens is 302 g/mol. The summed E-state index contributed by atoms with van der Waals surface area (Å²) < 4.78 is 0. The largest absolute Gasteiger partial charge is 0.391 e. The van der Waals surface area contributed by atoms with Crippen molar-refractivity contribution in [3.63, 3.8) is 0 Å². The summed E-state index contributed by atoms with van der Waals surface area (Å²) in [5, 5.41) is 11.6. The topological polar surface area (TPSA) is 88.2 Å². The number of nitrogens with zero attached hydrogens (tertiary/aromatic N) is 4. The second-order valence-electron chi connectivity index (χ2n) is 6.22. The summed E-state index contributed by atoms with van der Waals surface area (Å²) in [6, 6.07) is 11.9. The molecule has 1 aromatic carbocycles. The highest BCUT2D eigenvalue weighted by Crippen LogP contribution is 2.28. The van der Waals surface area contributed by atoms with Crippen LogP contribution in [-0.4, -0.2) is 39.3 Å². The number of anilines is 2. The number of pyridine rings is 1. The lowest BCUT2D eigenvalue weighted by molar-refractivity contribution is 0.148. The first-order chi connectivity index (χ1) is 11.7. The number of benzene rings is 1. The van der Waals surface area contributed by atoms with Gasteiger partial charge in [-0.3, -0.25) is 4.98 Å². The number of aromatic nitrogens is 3. The third-order valence-electron chi connectivity index (χ3n) is 4.63.